The Bertz CT molecular complexity index is 536. The normalized spacial score (nSPS) is 13.2. The number of carbonyl (C=O) groups is 1. The highest BCUT2D eigenvalue weighted by molar-refractivity contribution is 5.76. The molecule has 0 aromatic heterocycles. The van der Waals surface area contributed by atoms with Gasteiger partial charge in [-0.15, -0.1) is 0 Å². The molecular weight excluding hydrogens is 494 g/mol. The van der Waals surface area contributed by atoms with E-state index in [4.69, 9.17) is 0 Å². The van der Waals surface area contributed by atoms with Crippen LogP contribution in [0.15, 0.2) is 12.2 Å². The summed E-state index contributed by atoms with van der Waals surface area (Å²) >= 11 is 0. The van der Waals surface area contributed by atoms with Crippen molar-refractivity contribution in [3.8, 4) is 0 Å². The molecule has 2 atom stereocenters. The van der Waals surface area contributed by atoms with E-state index in [1.54, 1.807) is 6.08 Å². The van der Waals surface area contributed by atoms with Crippen LogP contribution in [-0.2, 0) is 4.79 Å². The summed E-state index contributed by atoms with van der Waals surface area (Å²) in [7, 11) is 0. The first-order valence-corrected chi connectivity index (χ1v) is 17.9. The number of hydrogen-bond acceptors (Lipinski definition) is 3. The Kier molecular flexibility index (Phi) is 31.9. The van der Waals surface area contributed by atoms with E-state index in [2.05, 4.69) is 19.2 Å². The zero-order chi connectivity index (χ0) is 29.4. The van der Waals surface area contributed by atoms with Gasteiger partial charge >= 0.3 is 0 Å². The van der Waals surface area contributed by atoms with Crippen LogP contribution in [0.2, 0.25) is 0 Å². The largest absolute Gasteiger partial charge is 0.394 e. The van der Waals surface area contributed by atoms with Crippen LogP contribution in [0.4, 0.5) is 0 Å². The first-order valence-electron chi connectivity index (χ1n) is 17.9. The van der Waals surface area contributed by atoms with Crippen LogP contribution < -0.4 is 5.32 Å². The molecule has 0 aliphatic heterocycles. The molecule has 0 aromatic rings. The highest BCUT2D eigenvalue weighted by Crippen LogP contribution is 2.14. The molecule has 1 amide bonds. The fourth-order valence-electron chi connectivity index (χ4n) is 5.47. The van der Waals surface area contributed by atoms with Crippen molar-refractivity contribution in [2.24, 2.45) is 0 Å². The molecule has 0 unspecified atom stereocenters. The molecule has 4 nitrogen and oxygen atoms in total. The molecular formula is C36H71NO3. The molecule has 0 bridgehead atoms. The summed E-state index contributed by atoms with van der Waals surface area (Å²) in [6.45, 7) is 4.30. The smallest absolute Gasteiger partial charge is 0.220 e. The second-order valence-electron chi connectivity index (χ2n) is 12.3. The lowest BCUT2D eigenvalue weighted by Crippen LogP contribution is -2.45. The molecule has 0 saturated carbocycles. The van der Waals surface area contributed by atoms with Crippen LogP contribution in [0.3, 0.4) is 0 Å². The van der Waals surface area contributed by atoms with Crippen molar-refractivity contribution in [2.75, 3.05) is 6.61 Å². The zero-order valence-corrected chi connectivity index (χ0v) is 27.1. The van der Waals surface area contributed by atoms with Crippen molar-refractivity contribution in [3.05, 3.63) is 12.2 Å². The van der Waals surface area contributed by atoms with E-state index >= 15 is 0 Å². The number of nitrogens with one attached hydrogen (secondary N) is 1. The molecule has 0 aliphatic rings. The van der Waals surface area contributed by atoms with Crippen molar-refractivity contribution in [1.82, 2.24) is 5.32 Å². The minimum absolute atomic E-state index is 0.0638. The third-order valence-electron chi connectivity index (χ3n) is 8.27. The molecule has 0 spiro atoms. The Morgan fingerprint density at radius 3 is 1.30 bits per heavy atom. The Morgan fingerprint density at radius 1 is 0.575 bits per heavy atom. The second kappa shape index (κ2) is 32.6. The summed E-state index contributed by atoms with van der Waals surface area (Å²) in [6.07, 6.45) is 38.6. The summed E-state index contributed by atoms with van der Waals surface area (Å²) in [5, 5.41) is 22.9. The lowest BCUT2D eigenvalue weighted by atomic mass is 10.0. The lowest BCUT2D eigenvalue weighted by molar-refractivity contribution is -0.123. The van der Waals surface area contributed by atoms with Crippen molar-refractivity contribution in [1.29, 1.82) is 0 Å². The van der Waals surface area contributed by atoms with Crippen LogP contribution >= 0.6 is 0 Å². The van der Waals surface area contributed by atoms with Crippen LogP contribution in [0, 0.1) is 0 Å². The Hall–Kier alpha value is -0.870. The number of unbranched alkanes of at least 4 members (excludes halogenated alkanes) is 25. The van der Waals surface area contributed by atoms with Crippen LogP contribution in [-0.4, -0.2) is 34.9 Å². The fourth-order valence-corrected chi connectivity index (χ4v) is 5.47. The number of allylic oxidation sites excluding steroid dienone is 1. The molecule has 3 N–H and O–H groups in total. The minimum Gasteiger partial charge on any atom is -0.394 e. The quantitative estimate of drug-likeness (QED) is 0.0561. The molecule has 238 valence electrons. The van der Waals surface area contributed by atoms with Gasteiger partial charge in [0.25, 0.3) is 0 Å². The number of aliphatic hydroxyl groups excluding tert-OH is 2. The SMILES string of the molecule is CCCCCCCCCCCCCCC/C=C/[C@H](O)[C@H](CO)NC(=O)CCCCCCCCCCCCCCC. The van der Waals surface area contributed by atoms with Crippen LogP contribution in [0.1, 0.15) is 194 Å². The topological polar surface area (TPSA) is 69.6 Å². The average molecular weight is 566 g/mol. The minimum atomic E-state index is -0.831. The molecule has 0 fully saturated rings. The van der Waals surface area contributed by atoms with Crippen LogP contribution in [0.5, 0.6) is 0 Å². The average Bonchev–Trinajstić information content (AvgIpc) is 2.96. The number of aliphatic hydroxyl groups is 2. The Labute approximate surface area is 250 Å². The molecule has 4 heteroatoms. The third kappa shape index (κ3) is 28.7. The summed E-state index contributed by atoms with van der Waals surface area (Å²) in [4.78, 5) is 12.3. The predicted octanol–water partition coefficient (Wildman–Crippen LogP) is 10.3. The first-order chi connectivity index (χ1) is 19.7. The van der Waals surface area contributed by atoms with Crippen molar-refractivity contribution in [3.63, 3.8) is 0 Å². The summed E-state index contributed by atoms with van der Waals surface area (Å²) in [5.74, 6) is -0.0638. The van der Waals surface area contributed by atoms with Gasteiger partial charge in [-0.25, -0.2) is 0 Å². The number of amides is 1. The second-order valence-corrected chi connectivity index (χ2v) is 12.3. The summed E-state index contributed by atoms with van der Waals surface area (Å²) in [6, 6.07) is -0.614. The summed E-state index contributed by atoms with van der Waals surface area (Å²) in [5.41, 5.74) is 0. The van der Waals surface area contributed by atoms with Crippen molar-refractivity contribution in [2.45, 2.75) is 206 Å². The van der Waals surface area contributed by atoms with E-state index in [-0.39, 0.29) is 12.5 Å². The van der Waals surface area contributed by atoms with Gasteiger partial charge in [0.1, 0.15) is 0 Å². The molecule has 0 heterocycles. The van der Waals surface area contributed by atoms with Crippen molar-refractivity contribution < 1.29 is 15.0 Å². The van der Waals surface area contributed by atoms with Gasteiger partial charge in [0.2, 0.25) is 5.91 Å². The van der Waals surface area contributed by atoms with E-state index in [9.17, 15) is 15.0 Å². The van der Waals surface area contributed by atoms with Gasteiger partial charge in [0.05, 0.1) is 18.8 Å². The number of hydrogen-bond donors (Lipinski definition) is 3. The van der Waals surface area contributed by atoms with E-state index in [1.807, 2.05) is 6.08 Å². The van der Waals surface area contributed by atoms with E-state index in [1.165, 1.54) is 148 Å². The number of rotatable bonds is 32. The maximum atomic E-state index is 12.3. The Morgan fingerprint density at radius 2 is 0.925 bits per heavy atom. The van der Waals surface area contributed by atoms with Crippen molar-refractivity contribution >= 4 is 5.91 Å². The predicted molar refractivity (Wildman–Crippen MR) is 175 cm³/mol. The monoisotopic (exact) mass is 566 g/mol. The van der Waals surface area contributed by atoms with Gasteiger partial charge in [-0.3, -0.25) is 4.79 Å². The number of carbonyl (C=O) groups excluding carboxylic acids is 1. The lowest BCUT2D eigenvalue weighted by Gasteiger charge is -2.20. The standard InChI is InChI=1S/C36H71NO3/c1-3-5-7-9-11-13-15-17-18-20-21-23-25-27-29-31-35(39)34(33-38)37-36(40)32-30-28-26-24-22-19-16-14-12-10-8-6-4-2/h29,31,34-35,38-39H,3-28,30,32-33H2,1-2H3,(H,37,40)/b31-29+/t34-,35-/m0/s1. The molecule has 0 saturated heterocycles. The maximum absolute atomic E-state index is 12.3. The van der Waals surface area contributed by atoms with E-state index in [0.29, 0.717) is 6.42 Å². The highest BCUT2D eigenvalue weighted by atomic mass is 16.3. The molecule has 0 aromatic carbocycles. The molecule has 0 radical (unpaired) electrons. The maximum Gasteiger partial charge on any atom is 0.220 e. The van der Waals surface area contributed by atoms with Gasteiger partial charge in [-0.1, -0.05) is 180 Å². The molecule has 0 rings (SSSR count). The fraction of sp³-hybridized carbons (Fsp3) is 0.917. The zero-order valence-electron chi connectivity index (χ0n) is 27.1. The summed E-state index contributed by atoms with van der Waals surface area (Å²) < 4.78 is 0. The van der Waals surface area contributed by atoms with E-state index < -0.39 is 12.1 Å². The van der Waals surface area contributed by atoms with Crippen LogP contribution in [0.25, 0.3) is 0 Å². The van der Waals surface area contributed by atoms with E-state index in [0.717, 1.165) is 25.7 Å². The molecule has 0 aliphatic carbocycles. The first kappa shape index (κ1) is 39.1. The van der Waals surface area contributed by atoms with Gasteiger partial charge in [0, 0.05) is 6.42 Å². The van der Waals surface area contributed by atoms with Gasteiger partial charge in [0.15, 0.2) is 0 Å². The third-order valence-corrected chi connectivity index (χ3v) is 8.27. The molecule has 40 heavy (non-hydrogen) atoms. The highest BCUT2D eigenvalue weighted by Gasteiger charge is 2.17. The van der Waals surface area contributed by atoms with Gasteiger partial charge in [-0.2, -0.15) is 0 Å². The van der Waals surface area contributed by atoms with Gasteiger partial charge in [-0.05, 0) is 19.3 Å². The van der Waals surface area contributed by atoms with Gasteiger partial charge < -0.3 is 15.5 Å². The Balaban J connectivity index is 3.61.